The fourth-order valence-corrected chi connectivity index (χ4v) is 4.69. The summed E-state index contributed by atoms with van der Waals surface area (Å²) in [4.78, 5) is 13.9. The van der Waals surface area contributed by atoms with Crippen LogP contribution in [-0.4, -0.2) is 25.4 Å². The number of sulfonamides is 1. The van der Waals surface area contributed by atoms with Gasteiger partial charge in [-0.15, -0.1) is 0 Å². The first kappa shape index (κ1) is 17.8. The van der Waals surface area contributed by atoms with Crippen molar-refractivity contribution in [3.63, 3.8) is 0 Å². The number of nitrogens with zero attached hydrogens (tertiary/aromatic N) is 2. The van der Waals surface area contributed by atoms with E-state index in [1.54, 1.807) is 23.1 Å². The fraction of sp³-hybridized carbons (Fsp3) is 0.250. The number of likely N-dealkylation sites (N-methyl/N-ethyl adjacent to an activating group) is 1. The first-order chi connectivity index (χ1) is 12.9. The third kappa shape index (κ3) is 3.02. The van der Waals surface area contributed by atoms with Crippen LogP contribution in [0.25, 0.3) is 10.9 Å². The molecule has 0 saturated heterocycles. The van der Waals surface area contributed by atoms with Crippen LogP contribution in [0.5, 0.6) is 0 Å². The van der Waals surface area contributed by atoms with Crippen LogP contribution in [0.15, 0.2) is 53.4 Å². The van der Waals surface area contributed by atoms with Crippen LogP contribution in [0.1, 0.15) is 18.2 Å². The number of nitrogens with one attached hydrogen (secondary N) is 1. The SMILES string of the molecule is CCN1C(=O)Cc2cc(S(=O)(=O)NCc3cc4ccccc4n3C)ccc21. The Morgan fingerprint density at radius 3 is 2.63 bits per heavy atom. The van der Waals surface area contributed by atoms with Gasteiger partial charge in [0.05, 0.1) is 17.9 Å². The smallest absolute Gasteiger partial charge is 0.240 e. The standard InChI is InChI=1S/C20H21N3O3S/c1-3-23-19-9-8-17(11-15(19)12-20(23)24)27(25,26)21-13-16-10-14-6-4-5-7-18(14)22(16)2/h4-11,21H,3,12-13H2,1-2H3. The number of carbonyl (C=O) groups excluding carboxylic acids is 1. The lowest BCUT2D eigenvalue weighted by atomic mass is 10.2. The summed E-state index contributed by atoms with van der Waals surface area (Å²) < 4.78 is 30.1. The molecule has 1 amide bonds. The average molecular weight is 383 g/mol. The fourth-order valence-electron chi connectivity index (χ4n) is 3.64. The molecule has 0 radical (unpaired) electrons. The van der Waals surface area contributed by atoms with Crippen molar-refractivity contribution in [1.29, 1.82) is 0 Å². The van der Waals surface area contributed by atoms with E-state index in [0.29, 0.717) is 6.54 Å². The van der Waals surface area contributed by atoms with E-state index in [1.807, 2.05) is 48.9 Å². The molecule has 4 rings (SSSR count). The molecule has 0 atom stereocenters. The van der Waals surface area contributed by atoms with Gasteiger partial charge in [-0.2, -0.15) is 0 Å². The number of amides is 1. The maximum absolute atomic E-state index is 12.7. The molecule has 0 unspecified atom stereocenters. The van der Waals surface area contributed by atoms with Gasteiger partial charge >= 0.3 is 0 Å². The van der Waals surface area contributed by atoms with Crippen molar-refractivity contribution >= 4 is 32.5 Å². The summed E-state index contributed by atoms with van der Waals surface area (Å²) in [5, 5.41) is 1.07. The van der Waals surface area contributed by atoms with E-state index in [-0.39, 0.29) is 23.8 Å². The molecule has 6 nitrogen and oxygen atoms in total. The molecular formula is C20H21N3O3S. The second-order valence-corrected chi connectivity index (χ2v) is 8.45. The summed E-state index contributed by atoms with van der Waals surface area (Å²) in [5.41, 5.74) is 3.50. The van der Waals surface area contributed by atoms with Gasteiger partial charge in [0.1, 0.15) is 0 Å². The molecule has 0 aliphatic carbocycles. The Hall–Kier alpha value is -2.64. The van der Waals surface area contributed by atoms with Crippen molar-refractivity contribution in [2.24, 2.45) is 7.05 Å². The zero-order chi connectivity index (χ0) is 19.2. The van der Waals surface area contributed by atoms with E-state index in [9.17, 15) is 13.2 Å². The molecule has 140 valence electrons. The molecule has 0 spiro atoms. The van der Waals surface area contributed by atoms with Crippen LogP contribution < -0.4 is 9.62 Å². The van der Waals surface area contributed by atoms with Gasteiger partial charge < -0.3 is 9.47 Å². The predicted molar refractivity (Wildman–Crippen MR) is 105 cm³/mol. The molecule has 0 bridgehead atoms. The van der Waals surface area contributed by atoms with Crippen LogP contribution in [-0.2, 0) is 34.8 Å². The van der Waals surface area contributed by atoms with Crippen LogP contribution in [0, 0.1) is 0 Å². The lowest BCUT2D eigenvalue weighted by Gasteiger charge is -2.15. The molecule has 2 aromatic carbocycles. The van der Waals surface area contributed by atoms with Crippen molar-refractivity contribution < 1.29 is 13.2 Å². The number of para-hydroxylation sites is 1. The number of hydrogen-bond acceptors (Lipinski definition) is 3. The molecule has 2 heterocycles. The highest BCUT2D eigenvalue weighted by molar-refractivity contribution is 7.89. The summed E-state index contributed by atoms with van der Waals surface area (Å²) in [7, 11) is -1.75. The van der Waals surface area contributed by atoms with E-state index in [2.05, 4.69) is 4.72 Å². The number of rotatable bonds is 5. The number of anilines is 1. The number of aryl methyl sites for hydroxylation is 1. The van der Waals surface area contributed by atoms with Crippen LogP contribution >= 0.6 is 0 Å². The van der Waals surface area contributed by atoms with Crippen LogP contribution in [0.2, 0.25) is 0 Å². The molecule has 3 aromatic rings. The average Bonchev–Trinajstić information content (AvgIpc) is 3.15. The van der Waals surface area contributed by atoms with Gasteiger partial charge in [0, 0.05) is 30.5 Å². The van der Waals surface area contributed by atoms with Gasteiger partial charge in [0.25, 0.3) is 0 Å². The molecule has 1 N–H and O–H groups in total. The number of fused-ring (bicyclic) bond motifs is 2. The number of benzene rings is 2. The van der Waals surface area contributed by atoms with Gasteiger partial charge in [-0.3, -0.25) is 4.79 Å². The van der Waals surface area contributed by atoms with Crippen molar-refractivity contribution in [1.82, 2.24) is 9.29 Å². The van der Waals surface area contributed by atoms with E-state index in [4.69, 9.17) is 0 Å². The summed E-state index contributed by atoms with van der Waals surface area (Å²) in [6.45, 7) is 2.69. The van der Waals surface area contributed by atoms with E-state index >= 15 is 0 Å². The second kappa shape index (κ2) is 6.51. The quantitative estimate of drug-likeness (QED) is 0.736. The van der Waals surface area contributed by atoms with Crippen molar-refractivity contribution in [3.8, 4) is 0 Å². The van der Waals surface area contributed by atoms with Crippen molar-refractivity contribution in [3.05, 3.63) is 59.8 Å². The zero-order valence-electron chi connectivity index (χ0n) is 15.3. The Morgan fingerprint density at radius 2 is 1.89 bits per heavy atom. The Morgan fingerprint density at radius 1 is 1.11 bits per heavy atom. The molecule has 1 aliphatic heterocycles. The molecule has 1 aliphatic rings. The number of aromatic nitrogens is 1. The number of carbonyl (C=O) groups is 1. The monoisotopic (exact) mass is 383 g/mol. The van der Waals surface area contributed by atoms with Crippen molar-refractivity contribution in [2.45, 2.75) is 24.8 Å². The lowest BCUT2D eigenvalue weighted by molar-refractivity contribution is -0.117. The number of hydrogen-bond donors (Lipinski definition) is 1. The highest BCUT2D eigenvalue weighted by Gasteiger charge is 2.27. The minimum atomic E-state index is -3.67. The highest BCUT2D eigenvalue weighted by atomic mass is 32.2. The van der Waals surface area contributed by atoms with Gasteiger partial charge in [-0.05, 0) is 48.2 Å². The van der Waals surface area contributed by atoms with Crippen molar-refractivity contribution in [2.75, 3.05) is 11.4 Å². The third-order valence-electron chi connectivity index (χ3n) is 5.11. The van der Waals surface area contributed by atoms with Crippen LogP contribution in [0.4, 0.5) is 5.69 Å². The Kier molecular flexibility index (Phi) is 4.28. The largest absolute Gasteiger partial charge is 0.346 e. The molecule has 0 fully saturated rings. The Labute approximate surface area is 158 Å². The molecule has 0 saturated carbocycles. The molecule has 27 heavy (non-hydrogen) atoms. The second-order valence-electron chi connectivity index (χ2n) is 6.68. The normalized spacial score (nSPS) is 14.1. The van der Waals surface area contributed by atoms with Crippen LogP contribution in [0.3, 0.4) is 0 Å². The summed E-state index contributed by atoms with van der Waals surface area (Å²) >= 11 is 0. The zero-order valence-corrected chi connectivity index (χ0v) is 16.1. The van der Waals surface area contributed by atoms with Gasteiger partial charge in [-0.25, -0.2) is 13.1 Å². The van der Waals surface area contributed by atoms with E-state index in [1.165, 1.54) is 0 Å². The Bertz CT molecular complexity index is 1150. The van der Waals surface area contributed by atoms with E-state index < -0.39 is 10.0 Å². The lowest BCUT2D eigenvalue weighted by Crippen LogP contribution is -2.26. The maximum atomic E-state index is 12.7. The van der Waals surface area contributed by atoms with Gasteiger partial charge in [0.15, 0.2) is 0 Å². The third-order valence-corrected chi connectivity index (χ3v) is 6.50. The van der Waals surface area contributed by atoms with Gasteiger partial charge in [0.2, 0.25) is 15.9 Å². The molecular weight excluding hydrogens is 362 g/mol. The summed E-state index contributed by atoms with van der Waals surface area (Å²) in [5.74, 6) is 0.00510. The predicted octanol–water partition coefficient (Wildman–Crippen LogP) is 2.57. The van der Waals surface area contributed by atoms with E-state index in [0.717, 1.165) is 27.8 Å². The topological polar surface area (TPSA) is 71.4 Å². The minimum absolute atomic E-state index is 0.00510. The Balaban J connectivity index is 1.58. The summed E-state index contributed by atoms with van der Waals surface area (Å²) in [6.07, 6.45) is 0.246. The first-order valence-corrected chi connectivity index (χ1v) is 10.4. The maximum Gasteiger partial charge on any atom is 0.240 e. The van der Waals surface area contributed by atoms with Gasteiger partial charge in [-0.1, -0.05) is 18.2 Å². The first-order valence-electron chi connectivity index (χ1n) is 8.87. The summed E-state index contributed by atoms with van der Waals surface area (Å²) in [6, 6.07) is 14.8. The minimum Gasteiger partial charge on any atom is -0.346 e. The molecule has 7 heteroatoms. The molecule has 1 aromatic heterocycles. The highest BCUT2D eigenvalue weighted by Crippen LogP contribution is 2.30.